The van der Waals surface area contributed by atoms with Gasteiger partial charge in [0, 0.05) is 36.0 Å². The maximum atomic E-state index is 13.3. The van der Waals surface area contributed by atoms with Gasteiger partial charge < -0.3 is 9.30 Å². The van der Waals surface area contributed by atoms with Crippen molar-refractivity contribution in [1.82, 2.24) is 4.57 Å². The lowest BCUT2D eigenvalue weighted by Crippen LogP contribution is -2.17. The van der Waals surface area contributed by atoms with Crippen LogP contribution in [0.5, 0.6) is 5.75 Å². The number of nitrogens with zero attached hydrogens (tertiary/aromatic N) is 1. The van der Waals surface area contributed by atoms with Crippen LogP contribution >= 0.6 is 0 Å². The molecule has 0 radical (unpaired) electrons. The summed E-state index contributed by atoms with van der Waals surface area (Å²) < 4.78 is 70.6. The number of aryl methyl sites for hydroxylation is 1. The molecule has 0 aliphatic carbocycles. The van der Waals surface area contributed by atoms with Crippen LogP contribution in [-0.2, 0) is 23.1 Å². The van der Waals surface area contributed by atoms with Crippen LogP contribution < -0.4 is 10.3 Å². The Labute approximate surface area is 165 Å². The summed E-state index contributed by atoms with van der Waals surface area (Å²) >= 11 is 0. The van der Waals surface area contributed by atoms with E-state index in [1.165, 1.54) is 36.0 Å². The summed E-state index contributed by atoms with van der Waals surface area (Å²) in [6.45, 7) is 2.00. The molecule has 0 saturated heterocycles. The van der Waals surface area contributed by atoms with Crippen molar-refractivity contribution in [2.45, 2.75) is 18.0 Å². The molecule has 9 heteroatoms. The van der Waals surface area contributed by atoms with E-state index >= 15 is 0 Å². The van der Waals surface area contributed by atoms with E-state index < -0.39 is 27.1 Å². The predicted molar refractivity (Wildman–Crippen MR) is 104 cm³/mol. The Kier molecular flexibility index (Phi) is 5.20. The van der Waals surface area contributed by atoms with Crippen LogP contribution in [0.4, 0.5) is 13.2 Å². The van der Waals surface area contributed by atoms with Gasteiger partial charge >= 0.3 is 6.18 Å². The van der Waals surface area contributed by atoms with Crippen molar-refractivity contribution in [2.75, 3.05) is 12.9 Å². The maximum absolute atomic E-state index is 13.3. The van der Waals surface area contributed by atoms with E-state index in [-0.39, 0.29) is 33.4 Å². The largest absolute Gasteiger partial charge is 0.493 e. The Morgan fingerprint density at radius 3 is 2.31 bits per heavy atom. The number of alkyl halides is 3. The first-order valence-corrected chi connectivity index (χ1v) is 10.5. The van der Waals surface area contributed by atoms with Crippen molar-refractivity contribution in [3.8, 4) is 16.9 Å². The minimum Gasteiger partial charge on any atom is -0.493 e. The predicted octanol–water partition coefficient (Wildman–Crippen LogP) is 4.03. The van der Waals surface area contributed by atoms with Gasteiger partial charge in [0.05, 0.1) is 17.1 Å². The topological polar surface area (TPSA) is 65.4 Å². The monoisotopic (exact) mass is 425 g/mol. The van der Waals surface area contributed by atoms with E-state index in [1.54, 1.807) is 6.92 Å². The van der Waals surface area contributed by atoms with Gasteiger partial charge in [-0.2, -0.15) is 13.2 Å². The van der Waals surface area contributed by atoms with Crippen LogP contribution in [0, 0.1) is 0 Å². The highest BCUT2D eigenvalue weighted by atomic mass is 32.2. The van der Waals surface area contributed by atoms with Gasteiger partial charge in [-0.05, 0) is 48.7 Å². The fraction of sp³-hybridized carbons (Fsp3) is 0.250. The molecule has 0 atom stereocenters. The third-order valence-corrected chi connectivity index (χ3v) is 5.59. The molecule has 0 unspecified atom stereocenters. The Balaban J connectivity index is 2.45. The van der Waals surface area contributed by atoms with Crippen molar-refractivity contribution >= 4 is 20.6 Å². The lowest BCUT2D eigenvalue weighted by Gasteiger charge is -2.16. The average molecular weight is 425 g/mol. The average Bonchev–Trinajstić information content (AvgIpc) is 2.63. The highest BCUT2D eigenvalue weighted by molar-refractivity contribution is 7.90. The third-order valence-electron chi connectivity index (χ3n) is 4.48. The molecule has 3 aromatic rings. The third kappa shape index (κ3) is 4.00. The molecule has 0 amide bonds. The van der Waals surface area contributed by atoms with Crippen molar-refractivity contribution in [1.29, 1.82) is 0 Å². The number of sulfone groups is 1. The lowest BCUT2D eigenvalue weighted by atomic mass is 9.98. The van der Waals surface area contributed by atoms with Gasteiger partial charge in [0.1, 0.15) is 5.75 Å². The summed E-state index contributed by atoms with van der Waals surface area (Å²) in [4.78, 5) is 12.5. The van der Waals surface area contributed by atoms with Gasteiger partial charge in [0.25, 0.3) is 5.56 Å². The summed E-state index contributed by atoms with van der Waals surface area (Å²) in [6.07, 6.45) is -2.17. The standard InChI is InChI=1S/C20H18F3NO4S/c1-4-28-18-8-6-13(29(3,26)27)10-16(18)17-11-24(2)19(25)14-7-5-12(9-15(14)17)20(21,22)23/h5-11H,4H2,1-3H3. The minimum absolute atomic E-state index is 0.00932. The molecule has 2 aromatic carbocycles. The second-order valence-corrected chi connectivity index (χ2v) is 8.60. The summed E-state index contributed by atoms with van der Waals surface area (Å²) in [7, 11) is -2.10. The first kappa shape index (κ1) is 20.9. The fourth-order valence-corrected chi connectivity index (χ4v) is 3.74. The van der Waals surface area contributed by atoms with Gasteiger partial charge in [-0.1, -0.05) is 0 Å². The zero-order valence-corrected chi connectivity index (χ0v) is 16.7. The van der Waals surface area contributed by atoms with E-state index in [0.717, 1.165) is 24.5 Å². The molecule has 29 heavy (non-hydrogen) atoms. The Morgan fingerprint density at radius 1 is 1.03 bits per heavy atom. The van der Waals surface area contributed by atoms with Gasteiger partial charge in [0.15, 0.2) is 9.84 Å². The first-order valence-electron chi connectivity index (χ1n) is 8.61. The Hall–Kier alpha value is -2.81. The van der Waals surface area contributed by atoms with Crippen LogP contribution in [-0.4, -0.2) is 25.8 Å². The van der Waals surface area contributed by atoms with E-state index in [0.29, 0.717) is 5.75 Å². The molecule has 0 spiro atoms. The van der Waals surface area contributed by atoms with Gasteiger partial charge in [-0.15, -0.1) is 0 Å². The molecular weight excluding hydrogens is 407 g/mol. The van der Waals surface area contributed by atoms with Crippen LogP contribution in [0.15, 0.2) is 52.3 Å². The quantitative estimate of drug-likeness (QED) is 0.633. The summed E-state index contributed by atoms with van der Waals surface area (Å²) in [5.74, 6) is 0.303. The van der Waals surface area contributed by atoms with Crippen LogP contribution in [0.2, 0.25) is 0 Å². The number of hydrogen-bond donors (Lipinski definition) is 0. The number of halogens is 3. The number of ether oxygens (including phenoxy) is 1. The van der Waals surface area contributed by atoms with Crippen LogP contribution in [0.25, 0.3) is 21.9 Å². The Morgan fingerprint density at radius 2 is 1.72 bits per heavy atom. The minimum atomic E-state index is -4.59. The van der Waals surface area contributed by atoms with Gasteiger partial charge in [-0.25, -0.2) is 8.42 Å². The molecule has 0 N–H and O–H groups in total. The molecule has 154 valence electrons. The molecular formula is C20H18F3NO4S. The zero-order valence-electron chi connectivity index (χ0n) is 15.9. The molecule has 1 heterocycles. The van der Waals surface area contributed by atoms with E-state index in [4.69, 9.17) is 4.74 Å². The number of benzene rings is 2. The highest BCUT2D eigenvalue weighted by Gasteiger charge is 2.31. The number of hydrogen-bond acceptors (Lipinski definition) is 4. The zero-order chi connectivity index (χ0) is 21.6. The molecule has 0 aliphatic rings. The van der Waals surface area contributed by atoms with Crippen molar-refractivity contribution in [3.63, 3.8) is 0 Å². The molecule has 0 aliphatic heterocycles. The number of pyridine rings is 1. The van der Waals surface area contributed by atoms with E-state index in [2.05, 4.69) is 0 Å². The maximum Gasteiger partial charge on any atom is 0.416 e. The normalized spacial score (nSPS) is 12.3. The van der Waals surface area contributed by atoms with Crippen molar-refractivity contribution in [2.24, 2.45) is 7.05 Å². The second-order valence-electron chi connectivity index (χ2n) is 6.58. The molecule has 5 nitrogen and oxygen atoms in total. The van der Waals surface area contributed by atoms with Gasteiger partial charge in [-0.3, -0.25) is 4.79 Å². The van der Waals surface area contributed by atoms with Crippen LogP contribution in [0.1, 0.15) is 12.5 Å². The summed E-state index contributed by atoms with van der Waals surface area (Å²) in [6, 6.07) is 7.05. The molecule has 0 fully saturated rings. The molecule has 0 saturated carbocycles. The number of rotatable bonds is 4. The fourth-order valence-electron chi connectivity index (χ4n) is 3.09. The second kappa shape index (κ2) is 7.22. The first-order chi connectivity index (χ1) is 13.4. The summed E-state index contributed by atoms with van der Waals surface area (Å²) in [5, 5.41) is 0.153. The summed E-state index contributed by atoms with van der Waals surface area (Å²) in [5.41, 5.74) is -0.816. The van der Waals surface area contributed by atoms with E-state index in [9.17, 15) is 26.4 Å². The van der Waals surface area contributed by atoms with E-state index in [1.807, 2.05) is 0 Å². The highest BCUT2D eigenvalue weighted by Crippen LogP contribution is 2.38. The van der Waals surface area contributed by atoms with Gasteiger partial charge in [0.2, 0.25) is 0 Å². The van der Waals surface area contributed by atoms with Crippen molar-refractivity contribution in [3.05, 3.63) is 58.5 Å². The smallest absolute Gasteiger partial charge is 0.416 e. The number of aromatic nitrogens is 1. The van der Waals surface area contributed by atoms with Crippen LogP contribution in [0.3, 0.4) is 0 Å². The number of fused-ring (bicyclic) bond motifs is 1. The molecule has 3 rings (SSSR count). The molecule has 0 bridgehead atoms. The SMILES string of the molecule is CCOc1ccc(S(C)(=O)=O)cc1-c1cn(C)c(=O)c2ccc(C(F)(F)F)cc12. The Bertz CT molecular complexity index is 1260. The lowest BCUT2D eigenvalue weighted by molar-refractivity contribution is -0.137. The van der Waals surface area contributed by atoms with Crippen molar-refractivity contribution < 1.29 is 26.3 Å². The molecule has 1 aromatic heterocycles.